The number of amides is 1. The fourth-order valence-corrected chi connectivity index (χ4v) is 2.91. The van der Waals surface area contributed by atoms with E-state index in [2.05, 4.69) is 20.3 Å². The molecule has 1 aromatic rings. The molecule has 22 heavy (non-hydrogen) atoms. The molecule has 0 saturated heterocycles. The van der Waals surface area contributed by atoms with E-state index in [-0.39, 0.29) is 11.3 Å². The Hall–Kier alpha value is -1.75. The maximum Gasteiger partial charge on any atom is 0.296 e. The van der Waals surface area contributed by atoms with E-state index in [1.165, 1.54) is 6.92 Å². The van der Waals surface area contributed by atoms with E-state index in [1.54, 1.807) is 0 Å². The molecule has 0 saturated carbocycles. The van der Waals surface area contributed by atoms with Crippen molar-refractivity contribution in [3.63, 3.8) is 0 Å². The van der Waals surface area contributed by atoms with Crippen LogP contribution in [0.25, 0.3) is 0 Å². The molecule has 0 aliphatic carbocycles. The highest BCUT2D eigenvalue weighted by Gasteiger charge is 2.21. The molecule has 0 bridgehead atoms. The van der Waals surface area contributed by atoms with E-state index in [0.29, 0.717) is 0 Å². The molecule has 0 aromatic heterocycles. The van der Waals surface area contributed by atoms with Gasteiger partial charge in [0.2, 0.25) is 0 Å². The van der Waals surface area contributed by atoms with Gasteiger partial charge < -0.3 is 5.32 Å². The fourth-order valence-electron chi connectivity index (χ4n) is 1.36. The molecule has 0 heterocycles. The topological polar surface area (TPSA) is 116 Å². The number of nitrogens with one attached hydrogen (secondary N) is 1. The van der Waals surface area contributed by atoms with Crippen molar-refractivity contribution in [2.75, 3.05) is 19.5 Å². The average molecular weight is 349 g/mol. The number of hydrogen-bond donors (Lipinski definition) is 1. The number of hydrogen-bond acceptors (Lipinski definition) is 7. The van der Waals surface area contributed by atoms with Gasteiger partial charge in [0.15, 0.2) is 0 Å². The summed E-state index contributed by atoms with van der Waals surface area (Å²) in [6, 6.07) is 3.00. The lowest BCUT2D eigenvalue weighted by Gasteiger charge is -2.10. The first-order chi connectivity index (χ1) is 10.0. The zero-order valence-corrected chi connectivity index (χ0v) is 13.7. The summed E-state index contributed by atoms with van der Waals surface area (Å²) in [5, 5.41) is 2.34. The molecular weight excluding hydrogens is 334 g/mol. The Balaban J connectivity index is 3.53. The van der Waals surface area contributed by atoms with Gasteiger partial charge in [0.05, 0.1) is 24.0 Å². The van der Waals surface area contributed by atoms with Gasteiger partial charge in [0.1, 0.15) is 0 Å². The minimum Gasteiger partial charge on any atom is -0.322 e. The van der Waals surface area contributed by atoms with Crippen LogP contribution in [0.3, 0.4) is 0 Å². The van der Waals surface area contributed by atoms with Crippen molar-refractivity contribution >= 4 is 31.8 Å². The van der Waals surface area contributed by atoms with Crippen LogP contribution in [-0.4, -0.2) is 37.0 Å². The van der Waals surface area contributed by atoms with Gasteiger partial charge in [-0.15, -0.1) is 0 Å². The summed E-state index contributed by atoms with van der Waals surface area (Å²) in [6.45, 7) is 4.87. The standard InChI is InChI=1S/C12H15NO7S2/c1-8(2)12(14)13-9-5-10(21(15,16)19-3)7-11(6-9)22(17,18)20-4/h5-7H,1H2,2-4H3,(H,13,14). The summed E-state index contributed by atoms with van der Waals surface area (Å²) in [5.41, 5.74) is 0.109. The van der Waals surface area contributed by atoms with Gasteiger partial charge >= 0.3 is 0 Å². The van der Waals surface area contributed by atoms with E-state index in [0.717, 1.165) is 32.4 Å². The number of rotatable bonds is 6. The summed E-state index contributed by atoms with van der Waals surface area (Å²) < 4.78 is 55.7. The second-order valence-corrected chi connectivity index (χ2v) is 7.60. The molecule has 8 nitrogen and oxygen atoms in total. The van der Waals surface area contributed by atoms with Crippen molar-refractivity contribution in [2.24, 2.45) is 0 Å². The van der Waals surface area contributed by atoms with Crippen molar-refractivity contribution in [1.82, 2.24) is 0 Å². The van der Waals surface area contributed by atoms with Crippen LogP contribution in [0, 0.1) is 0 Å². The number of anilines is 1. The van der Waals surface area contributed by atoms with Gasteiger partial charge in [0.25, 0.3) is 26.1 Å². The molecule has 1 N–H and O–H groups in total. The molecule has 10 heteroatoms. The highest BCUT2D eigenvalue weighted by Crippen LogP contribution is 2.24. The molecule has 0 unspecified atom stereocenters. The van der Waals surface area contributed by atoms with Gasteiger partial charge in [-0.1, -0.05) is 6.58 Å². The monoisotopic (exact) mass is 349 g/mol. The number of carbonyl (C=O) groups excluding carboxylic acids is 1. The van der Waals surface area contributed by atoms with Gasteiger partial charge in [-0.25, -0.2) is 0 Å². The van der Waals surface area contributed by atoms with Gasteiger partial charge in [-0.2, -0.15) is 16.8 Å². The minimum atomic E-state index is -4.16. The first kappa shape index (κ1) is 18.3. The third kappa shape index (κ3) is 4.13. The summed E-state index contributed by atoms with van der Waals surface area (Å²) >= 11 is 0. The van der Waals surface area contributed by atoms with E-state index in [4.69, 9.17) is 0 Å². The van der Waals surface area contributed by atoms with Crippen LogP contribution in [0.2, 0.25) is 0 Å². The van der Waals surface area contributed by atoms with Gasteiger partial charge in [-0.3, -0.25) is 13.2 Å². The molecule has 0 radical (unpaired) electrons. The highest BCUT2D eigenvalue weighted by atomic mass is 32.2. The Kier molecular flexibility index (Phi) is 5.46. The number of benzene rings is 1. The first-order valence-electron chi connectivity index (χ1n) is 5.76. The molecule has 0 atom stereocenters. The predicted molar refractivity (Wildman–Crippen MR) is 78.3 cm³/mol. The van der Waals surface area contributed by atoms with E-state index >= 15 is 0 Å². The maximum atomic E-state index is 11.8. The normalized spacial score (nSPS) is 12.0. The molecular formula is C12H15NO7S2. The Morgan fingerprint density at radius 3 is 1.73 bits per heavy atom. The predicted octanol–water partition coefficient (Wildman–Crippen LogP) is 0.871. The zero-order chi connectivity index (χ0) is 17.1. The SMILES string of the molecule is C=C(C)C(=O)Nc1cc(S(=O)(=O)OC)cc(S(=O)(=O)OC)c1. The lowest BCUT2D eigenvalue weighted by molar-refractivity contribution is -0.112. The summed E-state index contributed by atoms with van der Waals surface area (Å²) in [5.74, 6) is -0.590. The second kappa shape index (κ2) is 6.57. The van der Waals surface area contributed by atoms with Gasteiger partial charge in [0, 0.05) is 11.3 Å². The molecule has 0 fully saturated rings. The molecule has 0 aliphatic rings. The van der Waals surface area contributed by atoms with Crippen molar-refractivity contribution in [3.05, 3.63) is 30.4 Å². The smallest absolute Gasteiger partial charge is 0.296 e. The van der Waals surface area contributed by atoms with Crippen molar-refractivity contribution < 1.29 is 30.0 Å². The van der Waals surface area contributed by atoms with Gasteiger partial charge in [-0.05, 0) is 25.1 Å². The van der Waals surface area contributed by atoms with E-state index in [9.17, 15) is 21.6 Å². The molecule has 122 valence electrons. The van der Waals surface area contributed by atoms with Crippen LogP contribution in [0.15, 0.2) is 40.1 Å². The van der Waals surface area contributed by atoms with Crippen LogP contribution >= 0.6 is 0 Å². The Bertz CT molecular complexity index is 758. The lowest BCUT2D eigenvalue weighted by atomic mass is 10.3. The summed E-state index contributed by atoms with van der Waals surface area (Å²) in [4.78, 5) is 10.7. The van der Waals surface area contributed by atoms with Crippen LogP contribution in [0.4, 0.5) is 5.69 Å². The molecule has 0 spiro atoms. The Labute approximate surface area is 129 Å². The van der Waals surface area contributed by atoms with Crippen molar-refractivity contribution in [2.45, 2.75) is 16.7 Å². The minimum absolute atomic E-state index is 0.0539. The quantitative estimate of drug-likeness (QED) is 0.598. The Morgan fingerprint density at radius 1 is 1.00 bits per heavy atom. The molecule has 1 rings (SSSR count). The van der Waals surface area contributed by atoms with Crippen molar-refractivity contribution in [3.8, 4) is 0 Å². The Morgan fingerprint density at radius 2 is 1.41 bits per heavy atom. The molecule has 1 aromatic carbocycles. The van der Waals surface area contributed by atoms with Crippen LogP contribution in [-0.2, 0) is 33.4 Å². The molecule has 0 aliphatic heterocycles. The maximum absolute atomic E-state index is 11.8. The third-order valence-electron chi connectivity index (χ3n) is 2.54. The van der Waals surface area contributed by atoms with Crippen LogP contribution in [0.1, 0.15) is 6.92 Å². The van der Waals surface area contributed by atoms with E-state index in [1.807, 2.05) is 0 Å². The zero-order valence-electron chi connectivity index (χ0n) is 12.1. The van der Waals surface area contributed by atoms with Crippen LogP contribution < -0.4 is 5.32 Å². The second-order valence-electron chi connectivity index (χ2n) is 4.17. The largest absolute Gasteiger partial charge is 0.322 e. The summed E-state index contributed by atoms with van der Waals surface area (Å²) in [6.07, 6.45) is 0. The molecule has 1 amide bonds. The summed E-state index contributed by atoms with van der Waals surface area (Å²) in [7, 11) is -6.46. The third-order valence-corrected chi connectivity index (χ3v) is 5.05. The van der Waals surface area contributed by atoms with E-state index < -0.39 is 35.9 Å². The average Bonchev–Trinajstić information content (AvgIpc) is 2.46. The number of carbonyl (C=O) groups is 1. The highest BCUT2D eigenvalue weighted by molar-refractivity contribution is 7.87. The van der Waals surface area contributed by atoms with Crippen LogP contribution in [0.5, 0.6) is 0 Å². The lowest BCUT2D eigenvalue weighted by Crippen LogP contribution is -2.14. The fraction of sp³-hybridized carbons (Fsp3) is 0.250. The first-order valence-corrected chi connectivity index (χ1v) is 8.58. The van der Waals surface area contributed by atoms with Crippen molar-refractivity contribution in [1.29, 1.82) is 0 Å².